The summed E-state index contributed by atoms with van der Waals surface area (Å²) >= 11 is 0. The normalized spacial score (nSPS) is 15.1. The summed E-state index contributed by atoms with van der Waals surface area (Å²) in [4.78, 5) is 0. The molecular weight excluding hydrogens is 189 g/mol. The van der Waals surface area contributed by atoms with Crippen LogP contribution in [0.4, 0.5) is 13.2 Å². The van der Waals surface area contributed by atoms with Crippen molar-refractivity contribution < 1.29 is 31.2 Å². The van der Waals surface area contributed by atoms with Crippen molar-refractivity contribution in [2.75, 3.05) is 0 Å². The lowest BCUT2D eigenvalue weighted by molar-refractivity contribution is 0.0900. The number of hydrogen-bond acceptors (Lipinski definition) is 3. The molecule has 0 unspecified atom stereocenters. The van der Waals surface area contributed by atoms with Crippen molar-refractivity contribution in [2.24, 2.45) is 0 Å². The predicted molar refractivity (Wildman–Crippen MR) is 28.3 cm³/mol. The number of alkyl halides is 2. The van der Waals surface area contributed by atoms with Crippen LogP contribution in [0.2, 0.25) is 0 Å². The molecule has 0 aromatic heterocycles. The SMILES string of the molecule is O=S(=O)(O)C(F)(F)C(F)=CO. The summed E-state index contributed by atoms with van der Waals surface area (Å²) in [7, 11) is -5.85. The van der Waals surface area contributed by atoms with Gasteiger partial charge in [-0.15, -0.1) is 0 Å². The number of aliphatic hydroxyl groups is 1. The van der Waals surface area contributed by atoms with Crippen LogP contribution >= 0.6 is 0 Å². The largest absolute Gasteiger partial charge is 0.513 e. The summed E-state index contributed by atoms with van der Waals surface area (Å²) in [5.41, 5.74) is 0. The first-order chi connectivity index (χ1) is 4.73. The number of rotatable bonds is 2. The van der Waals surface area contributed by atoms with Gasteiger partial charge in [-0.25, -0.2) is 4.39 Å². The first-order valence-corrected chi connectivity index (χ1v) is 3.52. The first kappa shape index (κ1) is 10.2. The van der Waals surface area contributed by atoms with Crippen molar-refractivity contribution >= 4 is 10.1 Å². The molecule has 4 nitrogen and oxygen atoms in total. The molecule has 0 saturated carbocycles. The zero-order valence-corrected chi connectivity index (χ0v) is 5.65. The van der Waals surface area contributed by atoms with E-state index in [4.69, 9.17) is 9.66 Å². The zero-order valence-electron chi connectivity index (χ0n) is 4.83. The molecule has 66 valence electrons. The van der Waals surface area contributed by atoms with Crippen LogP contribution < -0.4 is 0 Å². The molecule has 2 N–H and O–H groups in total. The second-order valence-electron chi connectivity index (χ2n) is 1.47. The Morgan fingerprint density at radius 3 is 1.91 bits per heavy atom. The molecule has 0 atom stereocenters. The van der Waals surface area contributed by atoms with Gasteiger partial charge in [0.15, 0.2) is 0 Å². The molecule has 0 bridgehead atoms. The molecule has 0 rings (SSSR count). The van der Waals surface area contributed by atoms with Crippen molar-refractivity contribution in [3.8, 4) is 0 Å². The Kier molecular flexibility index (Phi) is 2.51. The van der Waals surface area contributed by atoms with E-state index in [0.717, 1.165) is 0 Å². The highest BCUT2D eigenvalue weighted by Gasteiger charge is 2.49. The van der Waals surface area contributed by atoms with Crippen LogP contribution in [0.5, 0.6) is 0 Å². The van der Waals surface area contributed by atoms with Crippen LogP contribution in [0.1, 0.15) is 0 Å². The number of aliphatic hydroxyl groups excluding tert-OH is 1. The fourth-order valence-electron chi connectivity index (χ4n) is 0.198. The van der Waals surface area contributed by atoms with E-state index >= 15 is 0 Å². The lowest BCUT2D eigenvalue weighted by atomic mass is 10.6. The Morgan fingerprint density at radius 2 is 1.82 bits per heavy atom. The lowest BCUT2D eigenvalue weighted by Crippen LogP contribution is -2.28. The maximum atomic E-state index is 11.9. The van der Waals surface area contributed by atoms with Gasteiger partial charge in [0.2, 0.25) is 5.83 Å². The van der Waals surface area contributed by atoms with Gasteiger partial charge >= 0.3 is 15.4 Å². The molecule has 0 aromatic rings. The summed E-state index contributed by atoms with van der Waals surface area (Å²) in [6.07, 6.45) is -0.742. The van der Waals surface area contributed by atoms with Gasteiger partial charge < -0.3 is 5.11 Å². The Morgan fingerprint density at radius 1 is 1.45 bits per heavy atom. The molecule has 0 saturated heterocycles. The van der Waals surface area contributed by atoms with Crippen molar-refractivity contribution in [1.29, 1.82) is 0 Å². The Bertz CT molecular complexity index is 266. The molecule has 0 spiro atoms. The third-order valence-electron chi connectivity index (χ3n) is 0.715. The molecule has 0 aromatic carbocycles. The molecule has 0 amide bonds. The standard InChI is InChI=1S/C3H3F3O4S/c4-2(1-7)3(5,6)11(8,9)10/h1,7H,(H,8,9,10). The molecule has 0 aliphatic carbocycles. The van der Waals surface area contributed by atoms with Crippen LogP contribution in [-0.4, -0.2) is 23.3 Å². The monoisotopic (exact) mass is 192 g/mol. The summed E-state index contributed by atoms with van der Waals surface area (Å²) in [6, 6.07) is 0. The van der Waals surface area contributed by atoms with Crippen molar-refractivity contribution in [1.82, 2.24) is 0 Å². The average molecular weight is 192 g/mol. The summed E-state index contributed by atoms with van der Waals surface area (Å²) < 4.78 is 62.5. The van der Waals surface area contributed by atoms with Gasteiger partial charge in [0.25, 0.3) is 0 Å². The quantitative estimate of drug-likeness (QED) is 0.502. The molecule has 8 heteroatoms. The molecule has 0 aliphatic heterocycles. The van der Waals surface area contributed by atoms with E-state index in [1.54, 1.807) is 0 Å². The second-order valence-corrected chi connectivity index (χ2v) is 2.93. The third kappa shape index (κ3) is 1.84. The van der Waals surface area contributed by atoms with E-state index in [9.17, 15) is 21.6 Å². The van der Waals surface area contributed by atoms with E-state index in [1.165, 1.54) is 0 Å². The molecular formula is C3H3F3O4S. The van der Waals surface area contributed by atoms with E-state index in [2.05, 4.69) is 0 Å². The van der Waals surface area contributed by atoms with E-state index in [0.29, 0.717) is 0 Å². The first-order valence-electron chi connectivity index (χ1n) is 2.08. The smallest absolute Gasteiger partial charge is 0.423 e. The minimum atomic E-state index is -5.85. The van der Waals surface area contributed by atoms with Gasteiger partial charge in [-0.3, -0.25) is 4.55 Å². The maximum Gasteiger partial charge on any atom is 0.423 e. The molecule has 0 heterocycles. The van der Waals surface area contributed by atoms with Crippen LogP contribution in [-0.2, 0) is 10.1 Å². The molecule has 0 aliphatic rings. The topological polar surface area (TPSA) is 74.6 Å². The minimum absolute atomic E-state index is 0.742. The van der Waals surface area contributed by atoms with Crippen LogP contribution in [0.15, 0.2) is 12.1 Å². The number of hydrogen-bond donors (Lipinski definition) is 2. The highest BCUT2D eigenvalue weighted by Crippen LogP contribution is 2.29. The van der Waals surface area contributed by atoms with Gasteiger partial charge in [0.05, 0.1) is 0 Å². The summed E-state index contributed by atoms with van der Waals surface area (Å²) in [5, 5.41) is 2.56. The zero-order chi connectivity index (χ0) is 9.28. The lowest BCUT2D eigenvalue weighted by Gasteiger charge is -2.08. The Balaban J connectivity index is 5.07. The fourth-order valence-corrected chi connectivity index (χ4v) is 0.497. The molecule has 0 fully saturated rings. The van der Waals surface area contributed by atoms with Gasteiger partial charge in [-0.1, -0.05) is 0 Å². The molecule has 11 heavy (non-hydrogen) atoms. The van der Waals surface area contributed by atoms with Crippen molar-refractivity contribution in [3.05, 3.63) is 12.1 Å². The van der Waals surface area contributed by atoms with Gasteiger partial charge in [-0.2, -0.15) is 17.2 Å². The predicted octanol–water partition coefficient (Wildman–Crippen LogP) is 0.836. The van der Waals surface area contributed by atoms with Crippen molar-refractivity contribution in [3.63, 3.8) is 0 Å². The van der Waals surface area contributed by atoms with Gasteiger partial charge in [0, 0.05) is 0 Å². The van der Waals surface area contributed by atoms with E-state index in [-0.39, 0.29) is 0 Å². The average Bonchev–Trinajstić information content (AvgIpc) is 1.83. The molecule has 0 radical (unpaired) electrons. The van der Waals surface area contributed by atoms with E-state index < -0.39 is 27.5 Å². The minimum Gasteiger partial charge on any atom is -0.513 e. The highest BCUT2D eigenvalue weighted by molar-refractivity contribution is 7.87. The second kappa shape index (κ2) is 2.70. The van der Waals surface area contributed by atoms with Gasteiger partial charge in [-0.05, 0) is 0 Å². The third-order valence-corrected chi connectivity index (χ3v) is 1.56. The Labute approximate surface area is 59.7 Å². The summed E-state index contributed by atoms with van der Waals surface area (Å²) in [6.45, 7) is 0. The fraction of sp³-hybridized carbons (Fsp3) is 0.333. The van der Waals surface area contributed by atoms with Crippen molar-refractivity contribution in [2.45, 2.75) is 5.25 Å². The van der Waals surface area contributed by atoms with E-state index in [1.807, 2.05) is 0 Å². The van der Waals surface area contributed by atoms with Crippen LogP contribution in [0.25, 0.3) is 0 Å². The summed E-state index contributed by atoms with van der Waals surface area (Å²) in [5.74, 6) is -2.64. The number of halogens is 3. The Hall–Kier alpha value is -0.760. The highest BCUT2D eigenvalue weighted by atomic mass is 32.2. The van der Waals surface area contributed by atoms with Crippen LogP contribution in [0.3, 0.4) is 0 Å². The maximum absolute atomic E-state index is 11.9. The van der Waals surface area contributed by atoms with Crippen LogP contribution in [0, 0.1) is 0 Å². The van der Waals surface area contributed by atoms with Gasteiger partial charge in [0.1, 0.15) is 6.26 Å².